The van der Waals surface area contributed by atoms with E-state index in [0.29, 0.717) is 22.7 Å². The Bertz CT molecular complexity index is 1270. The summed E-state index contributed by atoms with van der Waals surface area (Å²) in [7, 11) is 2.86. The van der Waals surface area contributed by atoms with Crippen LogP contribution in [-0.2, 0) is 14.3 Å². The molecule has 0 spiro atoms. The number of thioether (sulfide) groups is 1. The monoisotopic (exact) mass is 474 g/mol. The van der Waals surface area contributed by atoms with Gasteiger partial charge in [-0.2, -0.15) is 0 Å². The number of esters is 1. The van der Waals surface area contributed by atoms with E-state index in [1.165, 1.54) is 31.0 Å². The van der Waals surface area contributed by atoms with Crippen molar-refractivity contribution in [2.24, 2.45) is 0 Å². The predicted molar refractivity (Wildman–Crippen MR) is 131 cm³/mol. The van der Waals surface area contributed by atoms with E-state index in [-0.39, 0.29) is 10.6 Å². The Morgan fingerprint density at radius 2 is 1.50 bits per heavy atom. The summed E-state index contributed by atoms with van der Waals surface area (Å²) in [5.41, 5.74) is 2.59. The molecular weight excluding hydrogens is 452 g/mol. The van der Waals surface area contributed by atoms with E-state index >= 15 is 0 Å². The van der Waals surface area contributed by atoms with Gasteiger partial charge in [0.2, 0.25) is 0 Å². The summed E-state index contributed by atoms with van der Waals surface area (Å²) in [6.45, 7) is 1.98. The molecule has 0 atom stereocenters. The summed E-state index contributed by atoms with van der Waals surface area (Å²) in [5.74, 6) is -0.755. The summed E-state index contributed by atoms with van der Waals surface area (Å²) in [6, 6.07) is 20.9. The molecule has 1 heterocycles. The van der Waals surface area contributed by atoms with Crippen LogP contribution in [0.1, 0.15) is 15.9 Å². The van der Waals surface area contributed by atoms with E-state index in [2.05, 4.69) is 5.32 Å². The normalized spacial score (nSPS) is 13.3. The second-order valence-electron chi connectivity index (χ2n) is 7.46. The number of ether oxygens (including phenoxy) is 2. The number of amides is 2. The van der Waals surface area contributed by atoms with Crippen LogP contribution in [0.4, 0.5) is 11.4 Å². The van der Waals surface area contributed by atoms with Crippen molar-refractivity contribution in [2.45, 2.75) is 11.8 Å². The number of nitrogens with zero attached hydrogens (tertiary/aromatic N) is 1. The Morgan fingerprint density at radius 1 is 0.853 bits per heavy atom. The molecule has 3 aromatic rings. The fraction of sp³-hybridized carbons (Fsp3) is 0.115. The van der Waals surface area contributed by atoms with Gasteiger partial charge in [-0.25, -0.2) is 9.69 Å². The lowest BCUT2D eigenvalue weighted by molar-refractivity contribution is -0.120. The molecule has 3 aromatic carbocycles. The molecule has 1 aliphatic heterocycles. The lowest BCUT2D eigenvalue weighted by Crippen LogP contribution is -2.32. The highest BCUT2D eigenvalue weighted by atomic mass is 32.2. The summed E-state index contributed by atoms with van der Waals surface area (Å²) in [6.07, 6.45) is 0. The third-order valence-corrected chi connectivity index (χ3v) is 6.28. The van der Waals surface area contributed by atoms with Crippen LogP contribution < -0.4 is 15.0 Å². The topological polar surface area (TPSA) is 84.9 Å². The van der Waals surface area contributed by atoms with Crippen molar-refractivity contribution >= 4 is 40.9 Å². The highest BCUT2D eigenvalue weighted by molar-refractivity contribution is 8.04. The minimum absolute atomic E-state index is 0.179. The predicted octanol–water partition coefficient (Wildman–Crippen LogP) is 4.78. The maximum Gasteiger partial charge on any atom is 0.337 e. The number of benzene rings is 3. The zero-order valence-corrected chi connectivity index (χ0v) is 19.6. The molecule has 1 N–H and O–H groups in total. The van der Waals surface area contributed by atoms with E-state index < -0.39 is 17.8 Å². The minimum Gasteiger partial charge on any atom is -0.497 e. The number of carbonyl (C=O) groups is 3. The van der Waals surface area contributed by atoms with Gasteiger partial charge in [0.1, 0.15) is 16.4 Å². The van der Waals surface area contributed by atoms with Gasteiger partial charge in [0.05, 0.1) is 25.5 Å². The number of anilines is 2. The van der Waals surface area contributed by atoms with Crippen molar-refractivity contribution in [3.05, 3.63) is 94.5 Å². The summed E-state index contributed by atoms with van der Waals surface area (Å²) in [5, 5.41) is 3.11. The first-order valence-electron chi connectivity index (χ1n) is 10.4. The van der Waals surface area contributed by atoms with Crippen molar-refractivity contribution in [2.75, 3.05) is 24.4 Å². The van der Waals surface area contributed by atoms with Crippen molar-refractivity contribution < 1.29 is 23.9 Å². The molecule has 0 aliphatic carbocycles. The zero-order chi connectivity index (χ0) is 24.2. The Labute approximate surface area is 201 Å². The molecular formula is C26H22N2O5S. The molecule has 0 aromatic heterocycles. The van der Waals surface area contributed by atoms with E-state index in [1.54, 1.807) is 43.5 Å². The van der Waals surface area contributed by atoms with E-state index in [1.807, 2.05) is 31.2 Å². The van der Waals surface area contributed by atoms with Crippen molar-refractivity contribution in [3.63, 3.8) is 0 Å². The maximum atomic E-state index is 13.4. The quantitative estimate of drug-likeness (QED) is 0.390. The van der Waals surface area contributed by atoms with Crippen LogP contribution in [0.25, 0.3) is 0 Å². The van der Waals surface area contributed by atoms with Gasteiger partial charge in [0.25, 0.3) is 11.8 Å². The minimum atomic E-state index is -0.499. The average molecular weight is 475 g/mol. The SMILES string of the molecule is COC(=O)c1ccc(N2C(=O)C(Nc3ccc(OC)cc3)=C(Sc3ccc(C)cc3)C2=O)cc1. The Hall–Kier alpha value is -4.04. The number of carbonyl (C=O) groups excluding carboxylic acids is 3. The van der Waals surface area contributed by atoms with E-state index in [4.69, 9.17) is 9.47 Å². The van der Waals surface area contributed by atoms with Crippen LogP contribution >= 0.6 is 11.8 Å². The van der Waals surface area contributed by atoms with Gasteiger partial charge in [-0.15, -0.1) is 0 Å². The summed E-state index contributed by atoms with van der Waals surface area (Å²) >= 11 is 1.22. The van der Waals surface area contributed by atoms with Crippen LogP contribution in [0, 0.1) is 6.92 Å². The molecule has 0 fully saturated rings. The molecule has 0 unspecified atom stereocenters. The molecule has 1 aliphatic rings. The molecule has 0 bridgehead atoms. The first kappa shape index (κ1) is 23.1. The molecule has 0 saturated heterocycles. The molecule has 172 valence electrons. The number of imide groups is 1. The number of nitrogens with one attached hydrogen (secondary N) is 1. The van der Waals surface area contributed by atoms with Crippen LogP contribution in [0.5, 0.6) is 5.75 Å². The van der Waals surface area contributed by atoms with Gasteiger partial charge in [-0.1, -0.05) is 29.5 Å². The van der Waals surface area contributed by atoms with Crippen molar-refractivity contribution in [3.8, 4) is 5.75 Å². The van der Waals surface area contributed by atoms with Crippen LogP contribution in [0.3, 0.4) is 0 Å². The number of aryl methyl sites for hydroxylation is 1. The molecule has 4 rings (SSSR count). The number of rotatable bonds is 7. The fourth-order valence-corrected chi connectivity index (χ4v) is 4.28. The maximum absolute atomic E-state index is 13.4. The third-order valence-electron chi connectivity index (χ3n) is 5.19. The Morgan fingerprint density at radius 3 is 2.09 bits per heavy atom. The smallest absolute Gasteiger partial charge is 0.337 e. The standard InChI is InChI=1S/C26H22N2O5S/c1-16-4-14-21(15-5-16)34-23-22(27-18-8-12-20(32-2)13-9-18)24(29)28(25(23)30)19-10-6-17(7-11-19)26(31)33-3/h4-15,27H,1-3H3. The molecule has 7 nitrogen and oxygen atoms in total. The van der Waals surface area contributed by atoms with Gasteiger partial charge in [0.15, 0.2) is 0 Å². The number of hydrogen-bond donors (Lipinski definition) is 1. The summed E-state index contributed by atoms with van der Waals surface area (Å²) < 4.78 is 9.91. The van der Waals surface area contributed by atoms with E-state index in [9.17, 15) is 14.4 Å². The molecule has 34 heavy (non-hydrogen) atoms. The van der Waals surface area contributed by atoms with Crippen molar-refractivity contribution in [1.82, 2.24) is 0 Å². The number of hydrogen-bond acceptors (Lipinski definition) is 7. The van der Waals surface area contributed by atoms with Gasteiger partial charge in [0, 0.05) is 10.6 Å². The average Bonchev–Trinajstić information content (AvgIpc) is 3.09. The van der Waals surface area contributed by atoms with Gasteiger partial charge in [-0.3, -0.25) is 9.59 Å². The lowest BCUT2D eigenvalue weighted by atomic mass is 10.2. The van der Waals surface area contributed by atoms with E-state index in [0.717, 1.165) is 15.4 Å². The van der Waals surface area contributed by atoms with Gasteiger partial charge in [-0.05, 0) is 67.6 Å². The first-order chi connectivity index (χ1) is 16.4. The Kier molecular flexibility index (Phi) is 6.70. The molecule has 8 heteroatoms. The molecule has 2 amide bonds. The van der Waals surface area contributed by atoms with Crippen molar-refractivity contribution in [1.29, 1.82) is 0 Å². The third kappa shape index (κ3) is 4.67. The Balaban J connectivity index is 1.69. The van der Waals surface area contributed by atoms with Crippen LogP contribution in [0.2, 0.25) is 0 Å². The largest absolute Gasteiger partial charge is 0.497 e. The van der Waals surface area contributed by atoms with Gasteiger partial charge >= 0.3 is 5.97 Å². The highest BCUT2D eigenvalue weighted by Crippen LogP contribution is 2.38. The highest BCUT2D eigenvalue weighted by Gasteiger charge is 2.40. The first-order valence-corrected chi connectivity index (χ1v) is 11.2. The lowest BCUT2D eigenvalue weighted by Gasteiger charge is -2.15. The second-order valence-corrected chi connectivity index (χ2v) is 8.54. The number of methoxy groups -OCH3 is 2. The zero-order valence-electron chi connectivity index (χ0n) is 18.8. The fourth-order valence-electron chi connectivity index (χ4n) is 3.36. The second kappa shape index (κ2) is 9.84. The van der Waals surface area contributed by atoms with Gasteiger partial charge < -0.3 is 14.8 Å². The van der Waals surface area contributed by atoms with Crippen LogP contribution in [0.15, 0.2) is 88.3 Å². The molecule has 0 saturated carbocycles. The molecule has 0 radical (unpaired) electrons. The summed E-state index contributed by atoms with van der Waals surface area (Å²) in [4.78, 5) is 40.8. The van der Waals surface area contributed by atoms with Crippen LogP contribution in [-0.4, -0.2) is 32.0 Å².